The molecule has 3 N–H and O–H groups in total. The lowest BCUT2D eigenvalue weighted by molar-refractivity contribution is 0.0597. The molecule has 9 heteroatoms. The Morgan fingerprint density at radius 2 is 1.61 bits per heavy atom. The topological polar surface area (TPSA) is 104 Å². The maximum atomic E-state index is 11.8. The molecule has 0 atom stereocenters. The molecule has 28 heavy (non-hydrogen) atoms. The lowest BCUT2D eigenvalue weighted by atomic mass is 10.1. The van der Waals surface area contributed by atoms with Crippen LogP contribution in [0.15, 0.2) is 41.4 Å². The first-order valence-corrected chi connectivity index (χ1v) is 8.06. The maximum absolute atomic E-state index is 11.8. The van der Waals surface area contributed by atoms with Crippen LogP contribution in [0.25, 0.3) is 0 Å². The number of nitrogens with zero attached hydrogens (tertiary/aromatic N) is 1. The smallest absolute Gasteiger partial charge is 0.341 e. The number of hydrogen-bond acceptors (Lipinski definition) is 6. The number of esters is 1. The molecule has 0 aliphatic rings. The first-order chi connectivity index (χ1) is 13.0. The van der Waals surface area contributed by atoms with Crippen molar-refractivity contribution in [1.29, 1.82) is 0 Å². The van der Waals surface area contributed by atoms with Crippen LogP contribution in [-0.2, 0) is 11.3 Å². The standard InChI is InChI=1S/C19H23N3O5.HI/c1-24-15-7-5-12(9-14(15)18(23)27-4)11-21-19(20)22-13-6-8-16(25-2)17(10-13)26-3;/h5-10H,11H2,1-4H3,(H3,20,21,22);1H. The van der Waals surface area contributed by atoms with Gasteiger partial charge in [-0.05, 0) is 29.8 Å². The second-order valence-corrected chi connectivity index (χ2v) is 5.42. The SMILES string of the molecule is COC(=O)c1cc(CN=C(N)Nc2ccc(OC)c(OC)c2)ccc1OC.I. The van der Waals surface area contributed by atoms with Crippen LogP contribution in [0, 0.1) is 0 Å². The number of guanidine groups is 1. The molecule has 2 aromatic rings. The molecule has 0 saturated carbocycles. The Morgan fingerprint density at radius 1 is 0.964 bits per heavy atom. The summed E-state index contributed by atoms with van der Waals surface area (Å²) in [6, 6.07) is 10.5. The van der Waals surface area contributed by atoms with Gasteiger partial charge in [0.25, 0.3) is 0 Å². The number of ether oxygens (including phenoxy) is 4. The molecule has 0 radical (unpaired) electrons. The van der Waals surface area contributed by atoms with E-state index in [0.29, 0.717) is 28.5 Å². The molecule has 152 valence electrons. The molecule has 0 amide bonds. The summed E-state index contributed by atoms with van der Waals surface area (Å²) < 4.78 is 20.4. The van der Waals surface area contributed by atoms with Crippen molar-refractivity contribution >= 4 is 41.6 Å². The van der Waals surface area contributed by atoms with Gasteiger partial charge in [0.1, 0.15) is 11.3 Å². The van der Waals surface area contributed by atoms with E-state index in [-0.39, 0.29) is 36.5 Å². The molecule has 0 spiro atoms. The summed E-state index contributed by atoms with van der Waals surface area (Å²) in [5.74, 6) is 1.37. The summed E-state index contributed by atoms with van der Waals surface area (Å²) in [6.07, 6.45) is 0. The zero-order valence-corrected chi connectivity index (χ0v) is 18.5. The van der Waals surface area contributed by atoms with E-state index in [9.17, 15) is 4.79 Å². The summed E-state index contributed by atoms with van der Waals surface area (Å²) in [7, 11) is 5.93. The normalized spacial score (nSPS) is 10.5. The molecule has 2 aromatic carbocycles. The van der Waals surface area contributed by atoms with E-state index in [1.54, 1.807) is 50.6 Å². The molecule has 0 aliphatic carbocycles. The van der Waals surface area contributed by atoms with Crippen molar-refractivity contribution in [1.82, 2.24) is 0 Å². The second-order valence-electron chi connectivity index (χ2n) is 5.42. The van der Waals surface area contributed by atoms with Crippen molar-refractivity contribution in [2.24, 2.45) is 10.7 Å². The summed E-state index contributed by atoms with van der Waals surface area (Å²) in [4.78, 5) is 16.1. The van der Waals surface area contributed by atoms with Gasteiger partial charge in [0.15, 0.2) is 17.5 Å². The van der Waals surface area contributed by atoms with Crippen LogP contribution >= 0.6 is 24.0 Å². The predicted molar refractivity (Wildman–Crippen MR) is 118 cm³/mol. The van der Waals surface area contributed by atoms with Crippen LogP contribution in [0.3, 0.4) is 0 Å². The number of rotatable bonds is 7. The number of nitrogens with one attached hydrogen (secondary N) is 1. The van der Waals surface area contributed by atoms with Crippen LogP contribution in [0.2, 0.25) is 0 Å². The Hall–Kier alpha value is -2.69. The van der Waals surface area contributed by atoms with Gasteiger partial charge < -0.3 is 30.0 Å². The van der Waals surface area contributed by atoms with Gasteiger partial charge in [-0.1, -0.05) is 6.07 Å². The number of anilines is 1. The average molecular weight is 501 g/mol. The quantitative estimate of drug-likeness (QED) is 0.260. The molecule has 0 aromatic heterocycles. The minimum absolute atomic E-state index is 0. The number of aliphatic imine (C=N–C) groups is 1. The molecular weight excluding hydrogens is 477 g/mol. The molecule has 8 nitrogen and oxygen atoms in total. The highest BCUT2D eigenvalue weighted by atomic mass is 127. The molecule has 0 fully saturated rings. The van der Waals surface area contributed by atoms with Gasteiger partial charge in [-0.15, -0.1) is 24.0 Å². The summed E-state index contributed by atoms with van der Waals surface area (Å²) in [6.45, 7) is 0.278. The van der Waals surface area contributed by atoms with Gasteiger partial charge in [-0.3, -0.25) is 0 Å². The minimum Gasteiger partial charge on any atom is -0.496 e. The summed E-state index contributed by atoms with van der Waals surface area (Å²) >= 11 is 0. The van der Waals surface area contributed by atoms with E-state index in [1.807, 2.05) is 0 Å². The van der Waals surface area contributed by atoms with Crippen molar-refractivity contribution < 1.29 is 23.7 Å². The number of hydrogen-bond donors (Lipinski definition) is 2. The Morgan fingerprint density at radius 3 is 2.21 bits per heavy atom. The maximum Gasteiger partial charge on any atom is 0.341 e. The first-order valence-electron chi connectivity index (χ1n) is 8.06. The van der Waals surface area contributed by atoms with Crippen molar-refractivity contribution in [3.8, 4) is 17.2 Å². The zero-order chi connectivity index (χ0) is 19.8. The van der Waals surface area contributed by atoms with E-state index in [4.69, 9.17) is 24.7 Å². The summed E-state index contributed by atoms with van der Waals surface area (Å²) in [5.41, 5.74) is 7.77. The number of carbonyl (C=O) groups is 1. The minimum atomic E-state index is -0.478. The zero-order valence-electron chi connectivity index (χ0n) is 16.1. The van der Waals surface area contributed by atoms with Crippen LogP contribution in [-0.4, -0.2) is 40.4 Å². The van der Waals surface area contributed by atoms with E-state index in [2.05, 4.69) is 10.3 Å². The third-order valence-corrected chi connectivity index (χ3v) is 3.76. The van der Waals surface area contributed by atoms with E-state index < -0.39 is 5.97 Å². The highest BCUT2D eigenvalue weighted by Crippen LogP contribution is 2.29. The second kappa shape index (κ2) is 11.2. The van der Waals surface area contributed by atoms with Crippen LogP contribution in [0.5, 0.6) is 17.2 Å². The highest BCUT2D eigenvalue weighted by Gasteiger charge is 2.13. The third kappa shape index (κ3) is 5.91. The molecule has 0 aliphatic heterocycles. The predicted octanol–water partition coefficient (Wildman–Crippen LogP) is 3.04. The van der Waals surface area contributed by atoms with Gasteiger partial charge in [-0.2, -0.15) is 0 Å². The van der Waals surface area contributed by atoms with Crippen molar-refractivity contribution in [3.05, 3.63) is 47.5 Å². The fraction of sp³-hybridized carbons (Fsp3) is 0.263. The van der Waals surface area contributed by atoms with E-state index in [1.165, 1.54) is 14.2 Å². The fourth-order valence-electron chi connectivity index (χ4n) is 2.40. The van der Waals surface area contributed by atoms with E-state index >= 15 is 0 Å². The first kappa shape index (κ1) is 23.3. The number of halogens is 1. The van der Waals surface area contributed by atoms with Gasteiger partial charge in [0.2, 0.25) is 0 Å². The van der Waals surface area contributed by atoms with Crippen LogP contribution in [0.4, 0.5) is 5.69 Å². The van der Waals surface area contributed by atoms with Gasteiger partial charge in [0.05, 0.1) is 35.0 Å². The monoisotopic (exact) mass is 501 g/mol. The molecule has 2 rings (SSSR count). The summed E-state index contributed by atoms with van der Waals surface area (Å²) in [5, 5.41) is 2.99. The van der Waals surface area contributed by atoms with Crippen LogP contribution < -0.4 is 25.3 Å². The number of carbonyl (C=O) groups excluding carboxylic acids is 1. The number of methoxy groups -OCH3 is 4. The fourth-order valence-corrected chi connectivity index (χ4v) is 2.40. The number of benzene rings is 2. The van der Waals surface area contributed by atoms with Gasteiger partial charge in [-0.25, -0.2) is 9.79 Å². The van der Waals surface area contributed by atoms with Crippen LogP contribution in [0.1, 0.15) is 15.9 Å². The third-order valence-electron chi connectivity index (χ3n) is 3.76. The molecule has 0 saturated heterocycles. The average Bonchev–Trinajstić information content (AvgIpc) is 2.71. The van der Waals surface area contributed by atoms with Gasteiger partial charge >= 0.3 is 5.97 Å². The Balaban J connectivity index is 0.00000392. The number of nitrogens with two attached hydrogens (primary N) is 1. The molecule has 0 heterocycles. The van der Waals surface area contributed by atoms with Crippen molar-refractivity contribution in [3.63, 3.8) is 0 Å². The van der Waals surface area contributed by atoms with Gasteiger partial charge in [0, 0.05) is 11.8 Å². The Labute approximate surface area is 181 Å². The molecular formula is C19H24IN3O5. The molecule has 0 bridgehead atoms. The lowest BCUT2D eigenvalue weighted by Gasteiger charge is -2.11. The van der Waals surface area contributed by atoms with E-state index in [0.717, 1.165) is 5.56 Å². The highest BCUT2D eigenvalue weighted by molar-refractivity contribution is 14.0. The van der Waals surface area contributed by atoms with Crippen molar-refractivity contribution in [2.75, 3.05) is 33.8 Å². The molecule has 0 unspecified atom stereocenters. The lowest BCUT2D eigenvalue weighted by Crippen LogP contribution is -2.22. The Kier molecular flexibility index (Phi) is 9.36. The van der Waals surface area contributed by atoms with Crippen molar-refractivity contribution in [2.45, 2.75) is 6.54 Å². The Bertz CT molecular complexity index is 842. The largest absolute Gasteiger partial charge is 0.496 e.